The molecule has 0 aliphatic rings. The van der Waals surface area contributed by atoms with Crippen LogP contribution in [0.4, 0.5) is 0 Å². The van der Waals surface area contributed by atoms with Crippen molar-refractivity contribution in [1.29, 1.82) is 0 Å². The van der Waals surface area contributed by atoms with Crippen LogP contribution < -0.4 is 9.54 Å². The van der Waals surface area contributed by atoms with Gasteiger partial charge in [0.1, 0.15) is 5.75 Å². The van der Waals surface area contributed by atoms with Crippen molar-refractivity contribution in [2.45, 2.75) is 0 Å². The van der Waals surface area contributed by atoms with E-state index in [1.165, 1.54) is 23.5 Å². The second kappa shape index (κ2) is 7.23. The summed E-state index contributed by atoms with van der Waals surface area (Å²) in [6.45, 7) is 0. The number of aromatic hydroxyl groups is 2. The molecule has 2 N–H and O–H groups in total. The molecule has 0 spiro atoms. The van der Waals surface area contributed by atoms with Gasteiger partial charge in [-0.25, -0.2) is 4.68 Å². The highest BCUT2D eigenvalue weighted by molar-refractivity contribution is 7.07. The summed E-state index contributed by atoms with van der Waals surface area (Å²) in [7, 11) is 3.34. The normalized spacial score (nSPS) is 12.0. The van der Waals surface area contributed by atoms with E-state index in [1.54, 1.807) is 31.1 Å². The summed E-state index contributed by atoms with van der Waals surface area (Å²) < 4.78 is 6.92. The predicted octanol–water partition coefficient (Wildman–Crippen LogP) is 3.05. The lowest BCUT2D eigenvalue weighted by atomic mass is 10.2. The Labute approximate surface area is 148 Å². The minimum absolute atomic E-state index is 0.163. The van der Waals surface area contributed by atoms with Crippen LogP contribution in [-0.4, -0.2) is 35.3 Å². The summed E-state index contributed by atoms with van der Waals surface area (Å²) in [4.78, 5) is 4.99. The topological polar surface area (TPSA) is 79.3 Å². The fourth-order valence-electron chi connectivity index (χ4n) is 2.27. The van der Waals surface area contributed by atoms with E-state index in [0.717, 1.165) is 21.8 Å². The first-order valence-corrected chi connectivity index (χ1v) is 8.34. The molecule has 3 aromatic rings. The Kier molecular flexibility index (Phi) is 4.85. The third-order valence-electron chi connectivity index (χ3n) is 3.58. The van der Waals surface area contributed by atoms with Crippen LogP contribution in [0.3, 0.4) is 0 Å². The highest BCUT2D eigenvalue weighted by Crippen LogP contribution is 2.25. The fourth-order valence-corrected chi connectivity index (χ4v) is 3.07. The number of hydrogen-bond acceptors (Lipinski definition) is 6. The van der Waals surface area contributed by atoms with Gasteiger partial charge in [-0.15, -0.1) is 11.3 Å². The molecule has 7 heteroatoms. The summed E-state index contributed by atoms with van der Waals surface area (Å²) in [5.41, 5.74) is 2.54. The average molecular weight is 355 g/mol. The fraction of sp³-hybridized carbons (Fsp3) is 0.111. The van der Waals surface area contributed by atoms with Crippen molar-refractivity contribution in [3.05, 3.63) is 58.2 Å². The molecule has 0 unspecified atom stereocenters. The predicted molar refractivity (Wildman–Crippen MR) is 98.5 cm³/mol. The highest BCUT2D eigenvalue weighted by atomic mass is 32.1. The molecule has 0 aliphatic carbocycles. The van der Waals surface area contributed by atoms with Gasteiger partial charge in [-0.2, -0.15) is 5.10 Å². The third-order valence-corrected chi connectivity index (χ3v) is 4.49. The zero-order chi connectivity index (χ0) is 17.8. The maximum absolute atomic E-state index is 9.59. The minimum Gasteiger partial charge on any atom is -0.504 e. The summed E-state index contributed by atoms with van der Waals surface area (Å²) in [6.07, 6.45) is 1.60. The third kappa shape index (κ3) is 3.56. The summed E-state index contributed by atoms with van der Waals surface area (Å²) in [6, 6.07) is 12.2. The molecule has 128 valence electrons. The molecule has 1 heterocycles. The van der Waals surface area contributed by atoms with Crippen LogP contribution in [0, 0.1) is 0 Å². The van der Waals surface area contributed by atoms with E-state index in [2.05, 4.69) is 10.1 Å². The standard InChI is InChI=1S/C18H17N3O3S/c1-19-18-21(20-10-12-3-8-16(22)17(23)9-12)15(11-25-18)13-4-6-14(24-2)7-5-13/h3-11,22-23H,1-2H3. The number of nitrogens with zero attached hydrogens (tertiary/aromatic N) is 3. The van der Waals surface area contributed by atoms with Crippen LogP contribution in [-0.2, 0) is 0 Å². The first kappa shape index (κ1) is 16.8. The van der Waals surface area contributed by atoms with Gasteiger partial charge in [0.2, 0.25) is 4.80 Å². The summed E-state index contributed by atoms with van der Waals surface area (Å²) >= 11 is 1.48. The molecule has 3 rings (SSSR count). The first-order valence-electron chi connectivity index (χ1n) is 7.46. The van der Waals surface area contributed by atoms with Crippen molar-refractivity contribution in [2.24, 2.45) is 10.1 Å². The average Bonchev–Trinajstić information content (AvgIpc) is 3.05. The molecule has 6 nitrogen and oxygen atoms in total. The van der Waals surface area contributed by atoms with Crippen LogP contribution in [0.25, 0.3) is 11.3 Å². The smallest absolute Gasteiger partial charge is 0.205 e. The Morgan fingerprint density at radius 1 is 1.08 bits per heavy atom. The molecular weight excluding hydrogens is 338 g/mol. The largest absolute Gasteiger partial charge is 0.504 e. The number of methoxy groups -OCH3 is 1. The SMILES string of the molecule is CN=c1scc(-c2ccc(OC)cc2)n1N=Cc1ccc(O)c(O)c1. The van der Waals surface area contributed by atoms with Gasteiger partial charge < -0.3 is 14.9 Å². The Balaban J connectivity index is 2.01. The molecule has 0 amide bonds. The van der Waals surface area contributed by atoms with Gasteiger partial charge in [0.15, 0.2) is 11.5 Å². The maximum Gasteiger partial charge on any atom is 0.205 e. The van der Waals surface area contributed by atoms with Crippen molar-refractivity contribution < 1.29 is 14.9 Å². The number of rotatable bonds is 4. The van der Waals surface area contributed by atoms with E-state index in [1.807, 2.05) is 29.6 Å². The molecule has 0 fully saturated rings. The number of aromatic nitrogens is 1. The number of benzene rings is 2. The quantitative estimate of drug-likeness (QED) is 0.558. The van der Waals surface area contributed by atoms with Crippen LogP contribution >= 0.6 is 11.3 Å². The Bertz CT molecular complexity index is 972. The molecule has 0 saturated heterocycles. The van der Waals surface area contributed by atoms with Crippen molar-refractivity contribution in [1.82, 2.24) is 4.68 Å². The second-order valence-corrected chi connectivity index (χ2v) is 6.00. The lowest BCUT2D eigenvalue weighted by molar-refractivity contribution is 0.403. The minimum atomic E-state index is -0.185. The van der Waals surface area contributed by atoms with E-state index < -0.39 is 0 Å². The second-order valence-electron chi connectivity index (χ2n) is 5.16. The van der Waals surface area contributed by atoms with E-state index in [4.69, 9.17) is 4.74 Å². The van der Waals surface area contributed by atoms with Gasteiger partial charge in [0.05, 0.1) is 19.0 Å². The van der Waals surface area contributed by atoms with E-state index in [9.17, 15) is 10.2 Å². The Morgan fingerprint density at radius 2 is 1.84 bits per heavy atom. The van der Waals surface area contributed by atoms with Gasteiger partial charge in [-0.1, -0.05) is 0 Å². The molecule has 0 bridgehead atoms. The zero-order valence-electron chi connectivity index (χ0n) is 13.7. The molecular formula is C18H17N3O3S. The monoisotopic (exact) mass is 355 g/mol. The van der Waals surface area contributed by atoms with Gasteiger partial charge in [-0.05, 0) is 48.0 Å². The number of phenols is 2. The number of hydrogen-bond donors (Lipinski definition) is 2. The molecule has 0 atom stereocenters. The van der Waals surface area contributed by atoms with Gasteiger partial charge >= 0.3 is 0 Å². The van der Waals surface area contributed by atoms with Gasteiger partial charge in [-0.3, -0.25) is 4.99 Å². The van der Waals surface area contributed by atoms with Crippen LogP contribution in [0.15, 0.2) is 57.9 Å². The molecule has 0 saturated carbocycles. The first-order chi connectivity index (χ1) is 12.1. The van der Waals surface area contributed by atoms with E-state index >= 15 is 0 Å². The van der Waals surface area contributed by atoms with Crippen molar-refractivity contribution in [3.8, 4) is 28.5 Å². The van der Waals surface area contributed by atoms with Crippen LogP contribution in [0.2, 0.25) is 0 Å². The molecule has 25 heavy (non-hydrogen) atoms. The Morgan fingerprint density at radius 3 is 2.48 bits per heavy atom. The van der Waals surface area contributed by atoms with E-state index in [-0.39, 0.29) is 11.5 Å². The summed E-state index contributed by atoms with van der Waals surface area (Å²) in [5, 5.41) is 25.4. The van der Waals surface area contributed by atoms with Gasteiger partial charge in [0, 0.05) is 18.0 Å². The number of phenolic OH excluding ortho intramolecular Hbond substituents is 2. The van der Waals surface area contributed by atoms with Crippen LogP contribution in [0.1, 0.15) is 5.56 Å². The van der Waals surface area contributed by atoms with Crippen molar-refractivity contribution in [3.63, 3.8) is 0 Å². The molecule has 0 aliphatic heterocycles. The lowest BCUT2D eigenvalue weighted by Gasteiger charge is -2.05. The number of thiazole rings is 1. The summed E-state index contributed by atoms with van der Waals surface area (Å²) in [5.74, 6) is 0.438. The maximum atomic E-state index is 9.59. The Hall–Kier alpha value is -3.06. The van der Waals surface area contributed by atoms with Crippen molar-refractivity contribution >= 4 is 17.6 Å². The highest BCUT2D eigenvalue weighted by Gasteiger charge is 2.07. The van der Waals surface area contributed by atoms with E-state index in [0.29, 0.717) is 5.56 Å². The van der Waals surface area contributed by atoms with Gasteiger partial charge in [0.25, 0.3) is 0 Å². The molecule has 0 radical (unpaired) electrons. The number of ether oxygens (including phenoxy) is 1. The zero-order valence-corrected chi connectivity index (χ0v) is 14.6. The molecule has 1 aromatic heterocycles. The van der Waals surface area contributed by atoms with Crippen LogP contribution in [0.5, 0.6) is 17.2 Å². The van der Waals surface area contributed by atoms with Crippen molar-refractivity contribution in [2.75, 3.05) is 14.2 Å². The lowest BCUT2D eigenvalue weighted by Crippen LogP contribution is -2.11. The molecule has 2 aromatic carbocycles.